The Bertz CT molecular complexity index is 1280. The number of hydrogen-bond donors (Lipinski definition) is 4. The summed E-state index contributed by atoms with van der Waals surface area (Å²) in [5.41, 5.74) is -0.417. The summed E-state index contributed by atoms with van der Waals surface area (Å²) in [6.45, 7) is -0.516. The van der Waals surface area contributed by atoms with Gasteiger partial charge in [-0.2, -0.15) is 0 Å². The Balaban J connectivity index is 1.61. The van der Waals surface area contributed by atoms with Crippen LogP contribution in [0.15, 0.2) is 53.6 Å². The van der Waals surface area contributed by atoms with Crippen LogP contribution in [-0.2, 0) is 6.54 Å². The molecule has 2 unspecified atom stereocenters. The number of aromatic nitrogens is 2. The fourth-order valence-electron chi connectivity index (χ4n) is 3.69. The fraction of sp³-hybridized carbons (Fsp3) is 0.261. The lowest BCUT2D eigenvalue weighted by molar-refractivity contribution is 0.0881. The summed E-state index contributed by atoms with van der Waals surface area (Å²) >= 11 is 0. The van der Waals surface area contributed by atoms with Crippen LogP contribution in [0.2, 0.25) is 0 Å². The van der Waals surface area contributed by atoms with E-state index < -0.39 is 41.7 Å². The van der Waals surface area contributed by atoms with Crippen LogP contribution in [0.3, 0.4) is 0 Å². The molecule has 11 heteroatoms. The van der Waals surface area contributed by atoms with Crippen molar-refractivity contribution in [3.8, 4) is 5.69 Å². The summed E-state index contributed by atoms with van der Waals surface area (Å²) in [5.74, 6) is -5.23. The molecule has 34 heavy (non-hydrogen) atoms. The lowest BCUT2D eigenvalue weighted by atomic mass is 10.2. The number of anilines is 2. The third kappa shape index (κ3) is 4.65. The second kappa shape index (κ2) is 9.26. The van der Waals surface area contributed by atoms with E-state index in [9.17, 15) is 27.5 Å². The van der Waals surface area contributed by atoms with Gasteiger partial charge in [0.1, 0.15) is 11.6 Å². The van der Waals surface area contributed by atoms with E-state index in [1.807, 2.05) is 0 Å². The Kier molecular flexibility index (Phi) is 6.38. The maximum Gasteiger partial charge on any atom is 0.266 e. The minimum absolute atomic E-state index is 0.00297. The average Bonchev–Trinajstić information content (AvgIpc) is 3.45. The van der Waals surface area contributed by atoms with Gasteiger partial charge in [-0.05, 0) is 12.1 Å². The van der Waals surface area contributed by atoms with Gasteiger partial charge >= 0.3 is 0 Å². The van der Waals surface area contributed by atoms with Gasteiger partial charge in [0.2, 0.25) is 0 Å². The molecule has 7 nitrogen and oxygen atoms in total. The van der Waals surface area contributed by atoms with Crippen molar-refractivity contribution in [1.82, 2.24) is 9.55 Å². The number of aliphatic hydroxyl groups excluding tert-OH is 1. The van der Waals surface area contributed by atoms with Crippen LogP contribution in [0, 0.1) is 23.0 Å². The van der Waals surface area contributed by atoms with Crippen LogP contribution < -0.4 is 16.2 Å². The van der Waals surface area contributed by atoms with Crippen LogP contribution in [0.5, 0.6) is 0 Å². The second-order valence-electron chi connectivity index (χ2n) is 7.93. The van der Waals surface area contributed by atoms with E-state index in [1.165, 1.54) is 24.4 Å². The summed E-state index contributed by atoms with van der Waals surface area (Å²) in [4.78, 5) is 16.8. The predicted octanol–water partition coefficient (Wildman–Crippen LogP) is 3.55. The first-order chi connectivity index (χ1) is 16.2. The van der Waals surface area contributed by atoms with Crippen molar-refractivity contribution in [2.45, 2.75) is 24.9 Å². The highest BCUT2D eigenvalue weighted by Crippen LogP contribution is 2.51. The molecule has 2 aromatic heterocycles. The molecule has 1 saturated carbocycles. The quantitative estimate of drug-likeness (QED) is 0.280. The van der Waals surface area contributed by atoms with Crippen LogP contribution in [0.4, 0.5) is 29.1 Å². The van der Waals surface area contributed by atoms with Gasteiger partial charge in [-0.15, -0.1) is 0 Å². The van der Waals surface area contributed by atoms with Crippen molar-refractivity contribution >= 4 is 17.7 Å². The highest BCUT2D eigenvalue weighted by Gasteiger charge is 2.60. The van der Waals surface area contributed by atoms with Gasteiger partial charge in [0.25, 0.3) is 11.5 Å². The number of rotatable bonds is 9. The van der Waals surface area contributed by atoms with Crippen LogP contribution >= 0.6 is 0 Å². The molecule has 1 aromatic carbocycles. The lowest BCUT2D eigenvalue weighted by Crippen LogP contribution is -2.29. The Morgan fingerprint density at radius 2 is 2.00 bits per heavy atom. The number of alkyl halides is 2. The Morgan fingerprint density at radius 3 is 2.65 bits per heavy atom. The molecule has 2 heterocycles. The summed E-state index contributed by atoms with van der Waals surface area (Å²) in [6, 6.07) is 7.71. The third-order valence-electron chi connectivity index (χ3n) is 5.69. The molecule has 0 radical (unpaired) electrons. The molecule has 0 bridgehead atoms. The number of nitrogens with zero attached hydrogens (tertiary/aromatic N) is 2. The summed E-state index contributed by atoms with van der Waals surface area (Å²) in [5, 5.41) is 22.7. The zero-order valence-corrected chi connectivity index (χ0v) is 17.7. The molecule has 1 aliphatic carbocycles. The van der Waals surface area contributed by atoms with E-state index >= 15 is 0 Å². The summed E-state index contributed by atoms with van der Waals surface area (Å²) < 4.78 is 56.2. The van der Waals surface area contributed by atoms with Gasteiger partial charge in [0.15, 0.2) is 5.82 Å². The molecule has 1 fully saturated rings. The first kappa shape index (κ1) is 23.4. The summed E-state index contributed by atoms with van der Waals surface area (Å²) in [7, 11) is 0. The molecule has 4 rings (SSSR count). The van der Waals surface area contributed by atoms with E-state index in [0.717, 1.165) is 17.0 Å². The molecular weight excluding hydrogens is 454 g/mol. The summed E-state index contributed by atoms with van der Waals surface area (Å²) in [6.07, 6.45) is 2.54. The number of aliphatic hydroxyl groups is 1. The third-order valence-corrected chi connectivity index (χ3v) is 5.69. The highest BCUT2D eigenvalue weighted by molar-refractivity contribution is 5.85. The molecular formula is C23H21F4N5O2. The standard InChI is InChI=1S/C23H21F4N5O2/c24-16-4-2-1-3-13(16)10-29-18-5-6-32(22(34)14(18)9-28)20-7-21(30-11-17(20)25)31-19(12-33)15-8-23(15,26)27/h1-7,9,11,15,19,28-29,33H,8,10,12H2,(H,30,31). The van der Waals surface area contributed by atoms with Crippen LogP contribution in [0.25, 0.3) is 5.69 Å². The van der Waals surface area contributed by atoms with Crippen LogP contribution in [0.1, 0.15) is 17.5 Å². The minimum atomic E-state index is -2.88. The van der Waals surface area contributed by atoms with Crippen molar-refractivity contribution < 1.29 is 22.7 Å². The zero-order valence-electron chi connectivity index (χ0n) is 17.7. The van der Waals surface area contributed by atoms with Crippen molar-refractivity contribution in [2.75, 3.05) is 17.2 Å². The Labute approximate surface area is 191 Å². The van der Waals surface area contributed by atoms with Crippen molar-refractivity contribution in [3.05, 3.63) is 81.9 Å². The van der Waals surface area contributed by atoms with Crippen LogP contribution in [-0.4, -0.2) is 39.4 Å². The molecule has 178 valence electrons. The molecule has 1 aliphatic rings. The molecule has 0 amide bonds. The fourth-order valence-corrected chi connectivity index (χ4v) is 3.69. The van der Waals surface area contributed by atoms with Gasteiger partial charge in [0, 0.05) is 37.0 Å². The highest BCUT2D eigenvalue weighted by atomic mass is 19.3. The van der Waals surface area contributed by atoms with Crippen molar-refractivity contribution in [2.24, 2.45) is 5.92 Å². The smallest absolute Gasteiger partial charge is 0.266 e. The van der Waals surface area contributed by atoms with Gasteiger partial charge in [-0.1, -0.05) is 18.2 Å². The van der Waals surface area contributed by atoms with Gasteiger partial charge in [-0.25, -0.2) is 22.5 Å². The normalized spacial score (nSPS) is 17.1. The van der Waals surface area contributed by atoms with Gasteiger partial charge in [-0.3, -0.25) is 9.36 Å². The van der Waals surface area contributed by atoms with E-state index in [-0.39, 0.29) is 35.7 Å². The lowest BCUT2D eigenvalue weighted by Gasteiger charge is -2.18. The average molecular weight is 475 g/mol. The second-order valence-corrected chi connectivity index (χ2v) is 7.93. The zero-order chi connectivity index (χ0) is 24.5. The topological polar surface area (TPSA) is 103 Å². The largest absolute Gasteiger partial charge is 0.394 e. The molecule has 0 spiro atoms. The predicted molar refractivity (Wildman–Crippen MR) is 119 cm³/mol. The first-order valence-corrected chi connectivity index (χ1v) is 10.4. The van der Waals surface area contributed by atoms with Crippen molar-refractivity contribution in [1.29, 1.82) is 5.41 Å². The Hall–Kier alpha value is -3.73. The molecule has 2 atom stereocenters. The SMILES string of the molecule is N=Cc1c(NCc2ccccc2F)ccn(-c2cc(NC(CO)C3CC3(F)F)ncc2F)c1=O. The Morgan fingerprint density at radius 1 is 1.26 bits per heavy atom. The van der Waals surface area contributed by atoms with Gasteiger partial charge < -0.3 is 21.1 Å². The van der Waals surface area contributed by atoms with E-state index in [2.05, 4.69) is 15.6 Å². The van der Waals surface area contributed by atoms with E-state index in [0.29, 0.717) is 5.56 Å². The number of nitrogens with one attached hydrogen (secondary N) is 3. The maximum absolute atomic E-state index is 14.6. The molecule has 0 aliphatic heterocycles. The monoisotopic (exact) mass is 475 g/mol. The maximum atomic E-state index is 14.6. The van der Waals surface area contributed by atoms with E-state index in [4.69, 9.17) is 5.41 Å². The first-order valence-electron chi connectivity index (χ1n) is 10.4. The number of hydrogen-bond acceptors (Lipinski definition) is 6. The van der Waals surface area contributed by atoms with Gasteiger partial charge in [0.05, 0.1) is 41.7 Å². The molecule has 4 N–H and O–H groups in total. The van der Waals surface area contributed by atoms with E-state index in [1.54, 1.807) is 18.2 Å². The number of benzene rings is 1. The minimum Gasteiger partial charge on any atom is -0.394 e. The molecule has 0 saturated heterocycles. The molecule has 3 aromatic rings. The number of halogens is 4. The van der Waals surface area contributed by atoms with Crippen molar-refractivity contribution in [3.63, 3.8) is 0 Å². The number of pyridine rings is 2.